The molecule has 0 aliphatic heterocycles. The normalized spacial score (nSPS) is 12.5. The van der Waals surface area contributed by atoms with Gasteiger partial charge in [0.2, 0.25) is 0 Å². The fourth-order valence-electron chi connectivity index (χ4n) is 3.88. The van der Waals surface area contributed by atoms with Gasteiger partial charge in [-0.25, -0.2) is 0 Å². The van der Waals surface area contributed by atoms with Gasteiger partial charge >= 0.3 is 0 Å². The molecule has 4 rings (SSSR count). The number of fused-ring (bicyclic) bond motifs is 2. The molecule has 4 aromatic rings. The highest BCUT2D eigenvalue weighted by Crippen LogP contribution is 2.26. The molecule has 4 N–H and O–H groups in total. The average molecular weight is 555 g/mol. The summed E-state index contributed by atoms with van der Waals surface area (Å²) in [6.45, 7) is 9.90. The minimum atomic E-state index is -0.499. The number of benzene rings is 4. The number of hydrogen-bond donors (Lipinski definition) is 4. The van der Waals surface area contributed by atoms with Crippen LogP contribution >= 0.6 is 12.4 Å². The zero-order chi connectivity index (χ0) is 27.3. The van der Waals surface area contributed by atoms with Gasteiger partial charge in [0, 0.05) is 35.9 Å². The van der Waals surface area contributed by atoms with E-state index in [1.54, 1.807) is 0 Å². The van der Waals surface area contributed by atoms with Crippen molar-refractivity contribution < 1.29 is 19.7 Å². The van der Waals surface area contributed by atoms with E-state index >= 15 is 0 Å². The topological polar surface area (TPSA) is 83.0 Å². The number of ether oxygens (including phenoxy) is 2. The van der Waals surface area contributed by atoms with Gasteiger partial charge in [0.15, 0.2) is 0 Å². The van der Waals surface area contributed by atoms with E-state index in [1.165, 1.54) is 0 Å². The summed E-state index contributed by atoms with van der Waals surface area (Å²) < 4.78 is 11.4. The highest BCUT2D eigenvalue weighted by molar-refractivity contribution is 5.88. The monoisotopic (exact) mass is 554 g/mol. The minimum absolute atomic E-state index is 0. The first-order valence-electron chi connectivity index (χ1n) is 13.4. The van der Waals surface area contributed by atoms with Crippen molar-refractivity contribution >= 4 is 34.0 Å². The third-order valence-electron chi connectivity index (χ3n) is 5.89. The molecular weight excluding hydrogens is 512 g/mol. The molecule has 7 heteroatoms. The minimum Gasteiger partial charge on any atom is -0.490 e. The van der Waals surface area contributed by atoms with Crippen LogP contribution in [0.1, 0.15) is 27.7 Å². The molecule has 0 fully saturated rings. The van der Waals surface area contributed by atoms with Crippen molar-refractivity contribution in [1.82, 2.24) is 10.6 Å². The van der Waals surface area contributed by atoms with Crippen LogP contribution in [0.3, 0.4) is 0 Å². The molecule has 0 radical (unpaired) electrons. The van der Waals surface area contributed by atoms with Crippen LogP contribution < -0.4 is 20.1 Å². The van der Waals surface area contributed by atoms with Crippen LogP contribution in [0, 0.1) is 0 Å². The second-order valence-corrected chi connectivity index (χ2v) is 10.0. The van der Waals surface area contributed by atoms with Crippen molar-refractivity contribution in [3.05, 3.63) is 84.9 Å². The van der Waals surface area contributed by atoms with Gasteiger partial charge in [-0.15, -0.1) is 12.4 Å². The highest BCUT2D eigenvalue weighted by atomic mass is 35.5. The first kappa shape index (κ1) is 32.3. The molecule has 0 aromatic heterocycles. The van der Waals surface area contributed by atoms with Crippen LogP contribution in [-0.4, -0.2) is 60.8 Å². The Morgan fingerprint density at radius 3 is 1.31 bits per heavy atom. The lowest BCUT2D eigenvalue weighted by molar-refractivity contribution is 0.105. The summed E-state index contributed by atoms with van der Waals surface area (Å²) in [5.41, 5.74) is 0. The molecule has 4 aromatic carbocycles. The standard InChI is InChI=1S/2C16H21NO2.ClH/c2*1-12(2)17-10-14(18)11-19-16-9-5-7-13-6-3-4-8-15(13)16;/h2*3-9,12,14,17-18H,10-11H2,1-2H3;1H. The molecule has 0 aliphatic carbocycles. The smallest absolute Gasteiger partial charge is 0.127 e. The van der Waals surface area contributed by atoms with E-state index in [-0.39, 0.29) is 12.4 Å². The Balaban J connectivity index is 0.000000267. The molecule has 0 heterocycles. The lowest BCUT2D eigenvalue weighted by atomic mass is 10.1. The van der Waals surface area contributed by atoms with Crippen molar-refractivity contribution in [3.8, 4) is 11.5 Å². The summed E-state index contributed by atoms with van der Waals surface area (Å²) in [6, 6.07) is 28.8. The second-order valence-electron chi connectivity index (χ2n) is 10.0. The van der Waals surface area contributed by atoms with E-state index in [9.17, 15) is 10.2 Å². The summed E-state index contributed by atoms with van der Waals surface area (Å²) in [6.07, 6.45) is -0.997. The molecule has 0 bridgehead atoms. The van der Waals surface area contributed by atoms with Gasteiger partial charge in [0.1, 0.15) is 36.9 Å². The lowest BCUT2D eigenvalue weighted by Crippen LogP contribution is -2.35. The van der Waals surface area contributed by atoms with Crippen molar-refractivity contribution in [2.45, 2.75) is 52.0 Å². The molecule has 2 atom stereocenters. The Hall–Kier alpha value is -2.87. The zero-order valence-corrected chi connectivity index (χ0v) is 24.2. The van der Waals surface area contributed by atoms with Crippen molar-refractivity contribution in [2.75, 3.05) is 26.3 Å². The largest absolute Gasteiger partial charge is 0.490 e. The highest BCUT2D eigenvalue weighted by Gasteiger charge is 2.09. The Bertz CT molecular complexity index is 1140. The molecule has 0 aliphatic rings. The third kappa shape index (κ3) is 11.0. The van der Waals surface area contributed by atoms with Crippen LogP contribution in [-0.2, 0) is 0 Å². The van der Waals surface area contributed by atoms with E-state index in [2.05, 4.69) is 62.6 Å². The van der Waals surface area contributed by atoms with Crippen LogP contribution in [0.5, 0.6) is 11.5 Å². The maximum Gasteiger partial charge on any atom is 0.127 e. The summed E-state index contributed by atoms with van der Waals surface area (Å²) in [7, 11) is 0. The van der Waals surface area contributed by atoms with Gasteiger partial charge in [0.25, 0.3) is 0 Å². The van der Waals surface area contributed by atoms with Crippen LogP contribution in [0.4, 0.5) is 0 Å². The number of aliphatic hydroxyl groups excluding tert-OH is 2. The Labute approximate surface area is 238 Å². The summed E-state index contributed by atoms with van der Waals surface area (Å²) in [5.74, 6) is 1.64. The maximum absolute atomic E-state index is 9.84. The summed E-state index contributed by atoms with van der Waals surface area (Å²) in [5, 5.41) is 30.5. The third-order valence-corrected chi connectivity index (χ3v) is 5.89. The van der Waals surface area contributed by atoms with E-state index in [4.69, 9.17) is 9.47 Å². The SMILES string of the molecule is CC(C)NCC(O)COc1cccc2ccccc12.CC(C)NCC(O)COc1cccc2ccccc12.Cl. The second kappa shape index (κ2) is 17.0. The molecule has 0 saturated carbocycles. The number of halogens is 1. The number of hydrogen-bond acceptors (Lipinski definition) is 6. The molecule has 0 saturated heterocycles. The molecule has 0 spiro atoms. The van der Waals surface area contributed by atoms with Gasteiger partial charge in [-0.05, 0) is 22.9 Å². The van der Waals surface area contributed by atoms with Crippen molar-refractivity contribution in [3.63, 3.8) is 0 Å². The van der Waals surface area contributed by atoms with Crippen molar-refractivity contribution in [1.29, 1.82) is 0 Å². The van der Waals surface area contributed by atoms with E-state index in [0.29, 0.717) is 38.4 Å². The van der Waals surface area contributed by atoms with E-state index in [1.807, 2.05) is 60.7 Å². The predicted octanol–water partition coefficient (Wildman–Crippen LogP) is 5.58. The fourth-order valence-corrected chi connectivity index (χ4v) is 3.88. The van der Waals surface area contributed by atoms with Gasteiger partial charge < -0.3 is 30.3 Å². The van der Waals surface area contributed by atoms with Gasteiger partial charge in [-0.1, -0.05) is 100 Å². The quantitative estimate of drug-likeness (QED) is 0.183. The summed E-state index contributed by atoms with van der Waals surface area (Å²) in [4.78, 5) is 0. The van der Waals surface area contributed by atoms with Crippen LogP contribution in [0.25, 0.3) is 21.5 Å². The molecule has 6 nitrogen and oxygen atoms in total. The van der Waals surface area contributed by atoms with E-state index in [0.717, 1.165) is 33.0 Å². The first-order valence-corrected chi connectivity index (χ1v) is 13.4. The van der Waals surface area contributed by atoms with Crippen LogP contribution in [0.15, 0.2) is 84.9 Å². The molecule has 0 amide bonds. The summed E-state index contributed by atoms with van der Waals surface area (Å²) >= 11 is 0. The van der Waals surface area contributed by atoms with Gasteiger partial charge in [-0.2, -0.15) is 0 Å². The van der Waals surface area contributed by atoms with E-state index < -0.39 is 12.2 Å². The molecule has 212 valence electrons. The number of rotatable bonds is 12. The lowest BCUT2D eigenvalue weighted by Gasteiger charge is -2.15. The van der Waals surface area contributed by atoms with Gasteiger partial charge in [-0.3, -0.25) is 0 Å². The molecular formula is C32H43ClN2O4. The number of nitrogens with one attached hydrogen (secondary N) is 2. The Morgan fingerprint density at radius 2 is 0.923 bits per heavy atom. The molecule has 39 heavy (non-hydrogen) atoms. The van der Waals surface area contributed by atoms with Crippen LogP contribution in [0.2, 0.25) is 0 Å². The first-order chi connectivity index (χ1) is 18.3. The maximum atomic E-state index is 9.84. The average Bonchev–Trinajstić information content (AvgIpc) is 2.93. The van der Waals surface area contributed by atoms with Gasteiger partial charge in [0.05, 0.1) is 0 Å². The molecule has 2 unspecified atom stereocenters. The Morgan fingerprint density at radius 1 is 0.564 bits per heavy atom. The Kier molecular flexibility index (Phi) is 14.1. The van der Waals surface area contributed by atoms with Crippen molar-refractivity contribution in [2.24, 2.45) is 0 Å². The predicted molar refractivity (Wildman–Crippen MR) is 164 cm³/mol. The zero-order valence-electron chi connectivity index (χ0n) is 23.3. The number of aliphatic hydroxyl groups is 2. The fraction of sp³-hybridized carbons (Fsp3) is 0.375.